The molecule has 0 radical (unpaired) electrons. The summed E-state index contributed by atoms with van der Waals surface area (Å²) in [6.07, 6.45) is 5.74. The summed E-state index contributed by atoms with van der Waals surface area (Å²) in [6, 6.07) is 14.2. The Kier molecular flexibility index (Phi) is 13.7. The van der Waals surface area contributed by atoms with E-state index in [2.05, 4.69) is 44.9 Å². The first-order valence-corrected chi connectivity index (χ1v) is 9.82. The van der Waals surface area contributed by atoms with Gasteiger partial charge in [0.2, 0.25) is 0 Å². The molecule has 1 heterocycles. The smallest absolute Gasteiger partial charge is 0.190 e. The van der Waals surface area contributed by atoms with Crippen LogP contribution in [0.2, 0.25) is 5.15 Å². The largest absolute Gasteiger partial charge is 0.381 e. The summed E-state index contributed by atoms with van der Waals surface area (Å²) >= 11 is 5.79. The van der Waals surface area contributed by atoms with Crippen LogP contribution in [0.3, 0.4) is 0 Å². The highest BCUT2D eigenvalue weighted by Gasteiger charge is 1.99. The van der Waals surface area contributed by atoms with Crippen molar-refractivity contribution in [3.05, 3.63) is 64.9 Å². The number of benzene rings is 1. The second-order valence-electron chi connectivity index (χ2n) is 6.22. The molecule has 0 fully saturated rings. The molecule has 0 amide bonds. The Labute approximate surface area is 190 Å². The lowest BCUT2D eigenvalue weighted by molar-refractivity contribution is 0.133. The van der Waals surface area contributed by atoms with Gasteiger partial charge in [-0.1, -0.05) is 48.0 Å². The van der Waals surface area contributed by atoms with E-state index >= 15 is 0 Å². The Bertz CT molecular complexity index is 668. The van der Waals surface area contributed by atoms with Gasteiger partial charge in [0, 0.05) is 32.9 Å². The first-order chi connectivity index (χ1) is 13.3. The highest BCUT2D eigenvalue weighted by Crippen LogP contribution is 2.05. The predicted octanol–water partition coefficient (Wildman–Crippen LogP) is 4.10. The van der Waals surface area contributed by atoms with Crippen molar-refractivity contribution in [2.24, 2.45) is 4.99 Å². The van der Waals surface area contributed by atoms with Crippen molar-refractivity contribution in [3.8, 4) is 0 Å². The van der Waals surface area contributed by atoms with E-state index in [1.807, 2.05) is 18.2 Å². The van der Waals surface area contributed by atoms with Gasteiger partial charge in [0.05, 0.1) is 6.61 Å². The molecule has 1 aromatic heterocycles. The number of pyridine rings is 1. The van der Waals surface area contributed by atoms with Gasteiger partial charge < -0.3 is 15.4 Å². The van der Waals surface area contributed by atoms with Gasteiger partial charge in [-0.15, -0.1) is 24.0 Å². The van der Waals surface area contributed by atoms with Crippen LogP contribution >= 0.6 is 35.6 Å². The van der Waals surface area contributed by atoms with E-state index in [4.69, 9.17) is 16.3 Å². The van der Waals surface area contributed by atoms with E-state index < -0.39 is 0 Å². The van der Waals surface area contributed by atoms with Gasteiger partial charge >= 0.3 is 0 Å². The van der Waals surface area contributed by atoms with Crippen molar-refractivity contribution < 1.29 is 4.74 Å². The summed E-state index contributed by atoms with van der Waals surface area (Å²) in [4.78, 5) is 8.33. The Morgan fingerprint density at radius 1 is 0.964 bits per heavy atom. The maximum Gasteiger partial charge on any atom is 0.190 e. The molecule has 2 N–H and O–H groups in total. The number of hydrogen-bond donors (Lipinski definition) is 2. The van der Waals surface area contributed by atoms with Crippen molar-refractivity contribution >= 4 is 41.5 Å². The minimum atomic E-state index is 0. The van der Waals surface area contributed by atoms with Gasteiger partial charge in [0.15, 0.2) is 5.96 Å². The Morgan fingerprint density at radius 2 is 1.75 bits per heavy atom. The average Bonchev–Trinajstić information content (AvgIpc) is 2.70. The number of aromatic nitrogens is 1. The summed E-state index contributed by atoms with van der Waals surface area (Å²) in [5, 5.41) is 7.16. The molecule has 0 bridgehead atoms. The van der Waals surface area contributed by atoms with Gasteiger partial charge in [-0.2, -0.15) is 0 Å². The first kappa shape index (κ1) is 24.7. The molecule has 0 atom stereocenters. The van der Waals surface area contributed by atoms with Gasteiger partial charge in [-0.05, 0) is 42.9 Å². The number of rotatable bonds is 11. The van der Waals surface area contributed by atoms with E-state index in [0.29, 0.717) is 5.15 Å². The van der Waals surface area contributed by atoms with E-state index in [-0.39, 0.29) is 24.0 Å². The topological polar surface area (TPSA) is 58.5 Å². The molecule has 5 nitrogen and oxygen atoms in total. The average molecular weight is 517 g/mol. The Hall–Kier alpha value is -1.38. The van der Waals surface area contributed by atoms with Crippen LogP contribution in [0.25, 0.3) is 0 Å². The minimum Gasteiger partial charge on any atom is -0.381 e. The highest BCUT2D eigenvalue weighted by atomic mass is 127. The summed E-state index contributed by atoms with van der Waals surface area (Å²) in [7, 11) is 1.78. The fraction of sp³-hybridized carbons (Fsp3) is 0.429. The lowest BCUT2D eigenvalue weighted by atomic mass is 10.2. The number of nitrogens with one attached hydrogen (secondary N) is 2. The molecule has 2 aromatic rings. The molecule has 7 heteroatoms. The van der Waals surface area contributed by atoms with Crippen LogP contribution in [0.1, 0.15) is 24.0 Å². The van der Waals surface area contributed by atoms with Crippen LogP contribution in [0.4, 0.5) is 0 Å². The van der Waals surface area contributed by atoms with Crippen molar-refractivity contribution in [2.45, 2.75) is 25.7 Å². The van der Waals surface area contributed by atoms with E-state index in [1.165, 1.54) is 5.56 Å². The van der Waals surface area contributed by atoms with Crippen LogP contribution in [0, 0.1) is 0 Å². The third-order valence-corrected chi connectivity index (χ3v) is 4.33. The lowest BCUT2D eigenvalue weighted by Crippen LogP contribution is -2.38. The molecule has 0 aliphatic heterocycles. The molecule has 0 saturated heterocycles. The molecule has 28 heavy (non-hydrogen) atoms. The Balaban J connectivity index is 0.00000392. The molecular weight excluding hydrogens is 487 g/mol. The number of ether oxygens (including phenoxy) is 1. The number of guanidine groups is 1. The maximum atomic E-state index is 5.79. The fourth-order valence-electron chi connectivity index (χ4n) is 2.57. The second kappa shape index (κ2) is 15.5. The molecule has 0 saturated carbocycles. The normalized spacial score (nSPS) is 11.0. The number of hydrogen-bond acceptors (Lipinski definition) is 3. The van der Waals surface area contributed by atoms with Crippen LogP contribution in [0.5, 0.6) is 0 Å². The molecule has 2 rings (SSSR count). The molecule has 0 unspecified atom stereocenters. The van der Waals surface area contributed by atoms with Crippen molar-refractivity contribution in [1.29, 1.82) is 0 Å². The van der Waals surface area contributed by atoms with Crippen LogP contribution in [-0.2, 0) is 17.6 Å². The van der Waals surface area contributed by atoms with Crippen LogP contribution < -0.4 is 10.6 Å². The molecular formula is C21H30ClIN4O. The molecule has 0 aliphatic carbocycles. The van der Waals surface area contributed by atoms with Gasteiger partial charge in [0.25, 0.3) is 0 Å². The highest BCUT2D eigenvalue weighted by molar-refractivity contribution is 14.0. The van der Waals surface area contributed by atoms with Gasteiger partial charge in [-0.25, -0.2) is 4.98 Å². The number of nitrogens with zero attached hydrogens (tertiary/aromatic N) is 2. The maximum absolute atomic E-state index is 5.79. The summed E-state index contributed by atoms with van der Waals surface area (Å²) in [6.45, 7) is 3.25. The molecule has 0 spiro atoms. The zero-order valence-corrected chi connectivity index (χ0v) is 19.5. The van der Waals surface area contributed by atoms with Crippen molar-refractivity contribution in [3.63, 3.8) is 0 Å². The van der Waals surface area contributed by atoms with E-state index in [9.17, 15) is 0 Å². The standard InChI is InChI=1S/C21H29ClN4O.HI/c1-23-21(25-14-11-19-9-10-20(22)26-17-19)24-13-5-6-15-27-16-12-18-7-3-2-4-8-18;/h2-4,7-10,17H,5-6,11-16H2,1H3,(H2,23,24,25);1H. The second-order valence-corrected chi connectivity index (χ2v) is 6.61. The van der Waals surface area contributed by atoms with Crippen molar-refractivity contribution in [1.82, 2.24) is 15.6 Å². The molecule has 1 aromatic carbocycles. The lowest BCUT2D eigenvalue weighted by Gasteiger charge is -2.12. The predicted molar refractivity (Wildman–Crippen MR) is 128 cm³/mol. The van der Waals surface area contributed by atoms with Crippen LogP contribution in [-0.4, -0.2) is 44.3 Å². The summed E-state index contributed by atoms with van der Waals surface area (Å²) in [5.41, 5.74) is 2.47. The van der Waals surface area contributed by atoms with Crippen LogP contribution in [0.15, 0.2) is 53.7 Å². The van der Waals surface area contributed by atoms with Gasteiger partial charge in [0.1, 0.15) is 5.15 Å². The van der Waals surface area contributed by atoms with E-state index in [0.717, 1.165) is 63.5 Å². The van der Waals surface area contributed by atoms with Gasteiger partial charge in [-0.3, -0.25) is 4.99 Å². The monoisotopic (exact) mass is 516 g/mol. The molecule has 0 aliphatic rings. The van der Waals surface area contributed by atoms with E-state index in [1.54, 1.807) is 13.2 Å². The number of aliphatic imine (C=N–C) groups is 1. The number of halogens is 2. The summed E-state index contributed by atoms with van der Waals surface area (Å²) < 4.78 is 5.70. The SMILES string of the molecule is CN=C(NCCCCOCCc1ccccc1)NCCc1ccc(Cl)nc1.I. The third-order valence-electron chi connectivity index (χ3n) is 4.10. The fourth-order valence-corrected chi connectivity index (χ4v) is 2.68. The third kappa shape index (κ3) is 10.8. The first-order valence-electron chi connectivity index (χ1n) is 9.44. The van der Waals surface area contributed by atoms with Crippen molar-refractivity contribution in [2.75, 3.05) is 33.4 Å². The Morgan fingerprint density at radius 3 is 2.46 bits per heavy atom. The number of unbranched alkanes of at least 4 members (excludes halogenated alkanes) is 1. The summed E-state index contributed by atoms with van der Waals surface area (Å²) in [5.74, 6) is 0.821. The quantitative estimate of drug-likeness (QED) is 0.155. The molecule has 154 valence electrons. The minimum absolute atomic E-state index is 0. The zero-order chi connectivity index (χ0) is 19.2. The zero-order valence-electron chi connectivity index (χ0n) is 16.4.